The van der Waals surface area contributed by atoms with Crippen LogP contribution in [0.2, 0.25) is 0 Å². The quantitative estimate of drug-likeness (QED) is 0.651. The maximum Gasteiger partial charge on any atom is 0.296 e. The smallest absolute Gasteiger partial charge is 0.296 e. The zero-order valence-electron chi connectivity index (χ0n) is 9.00. The average molecular weight is 217 g/mol. The normalized spacial score (nSPS) is 10.6. The van der Waals surface area contributed by atoms with E-state index in [-0.39, 0.29) is 5.75 Å². The van der Waals surface area contributed by atoms with Crippen molar-refractivity contribution in [2.45, 2.75) is 13.8 Å². The van der Waals surface area contributed by atoms with Gasteiger partial charge in [0.25, 0.3) is 5.56 Å². The molecule has 0 atom stereocenters. The Morgan fingerprint density at radius 3 is 2.44 bits per heavy atom. The Morgan fingerprint density at radius 2 is 1.75 bits per heavy atom. The second kappa shape index (κ2) is 3.48. The van der Waals surface area contributed by atoms with Crippen molar-refractivity contribution in [1.29, 1.82) is 0 Å². The van der Waals surface area contributed by atoms with Crippen molar-refractivity contribution >= 4 is 10.9 Å². The predicted octanol–water partition coefficient (Wildman–Crippen LogP) is 1.21. The minimum Gasteiger partial charge on any atom is -0.507 e. The summed E-state index contributed by atoms with van der Waals surface area (Å²) in [6, 6.07) is 4.62. The summed E-state index contributed by atoms with van der Waals surface area (Å²) in [5.74, 6) is -0.167. The van der Waals surface area contributed by atoms with E-state index in [1.165, 1.54) is 0 Å². The van der Waals surface area contributed by atoms with Gasteiger partial charge in [0.2, 0.25) is 5.43 Å². The van der Waals surface area contributed by atoms with Crippen LogP contribution in [0.25, 0.3) is 10.9 Å². The number of hydrogen-bond donors (Lipinski definition) is 2. The average Bonchev–Trinajstić information content (AvgIpc) is 2.33. The molecule has 0 radical (unpaired) electrons. The Bertz CT molecular complexity index is 686. The Hall–Kier alpha value is -2.10. The highest BCUT2D eigenvalue weighted by atomic mass is 16.3. The molecule has 16 heavy (non-hydrogen) atoms. The van der Waals surface area contributed by atoms with Crippen LogP contribution < -0.4 is 11.0 Å². The van der Waals surface area contributed by atoms with Gasteiger partial charge in [-0.05, 0) is 25.0 Å². The minimum atomic E-state index is -0.743. The van der Waals surface area contributed by atoms with E-state index in [1.807, 2.05) is 26.0 Å². The van der Waals surface area contributed by atoms with Crippen molar-refractivity contribution in [3.63, 3.8) is 0 Å². The van der Waals surface area contributed by atoms with Crippen LogP contribution in [0.15, 0.2) is 27.8 Å². The van der Waals surface area contributed by atoms with Gasteiger partial charge < -0.3 is 10.1 Å². The molecule has 0 aliphatic carbocycles. The largest absolute Gasteiger partial charge is 0.507 e. The first kappa shape index (κ1) is 10.4. The SMILES string of the molecule is Cc1ccc(C)c2c(O)cc(=O)c(=O)[nH]c12. The van der Waals surface area contributed by atoms with Gasteiger partial charge in [0.15, 0.2) is 0 Å². The number of aromatic amines is 1. The molecule has 0 fully saturated rings. The summed E-state index contributed by atoms with van der Waals surface area (Å²) in [6.07, 6.45) is 0. The fourth-order valence-electron chi connectivity index (χ4n) is 1.74. The molecule has 0 unspecified atom stereocenters. The van der Waals surface area contributed by atoms with Gasteiger partial charge in [0.05, 0.1) is 5.52 Å². The number of aryl methyl sites for hydroxylation is 2. The topological polar surface area (TPSA) is 70.2 Å². The minimum absolute atomic E-state index is 0.167. The molecule has 0 saturated heterocycles. The van der Waals surface area contributed by atoms with Gasteiger partial charge in [-0.15, -0.1) is 0 Å². The van der Waals surface area contributed by atoms with Crippen molar-refractivity contribution in [2.24, 2.45) is 0 Å². The first-order chi connectivity index (χ1) is 7.50. The molecule has 4 nitrogen and oxygen atoms in total. The second-order valence-corrected chi connectivity index (χ2v) is 3.80. The first-order valence-corrected chi connectivity index (χ1v) is 4.87. The van der Waals surface area contributed by atoms with Gasteiger partial charge in [-0.3, -0.25) is 9.59 Å². The molecule has 0 aliphatic rings. The summed E-state index contributed by atoms with van der Waals surface area (Å²) in [5.41, 5.74) is 0.657. The summed E-state index contributed by atoms with van der Waals surface area (Å²) in [6.45, 7) is 3.62. The number of benzene rings is 1. The highest BCUT2D eigenvalue weighted by molar-refractivity contribution is 5.89. The number of rotatable bonds is 0. The van der Waals surface area contributed by atoms with Gasteiger partial charge >= 0.3 is 0 Å². The molecule has 1 heterocycles. The van der Waals surface area contributed by atoms with E-state index >= 15 is 0 Å². The van der Waals surface area contributed by atoms with Crippen molar-refractivity contribution in [3.05, 3.63) is 49.9 Å². The zero-order chi connectivity index (χ0) is 11.9. The fourth-order valence-corrected chi connectivity index (χ4v) is 1.74. The van der Waals surface area contributed by atoms with E-state index in [2.05, 4.69) is 4.98 Å². The number of nitrogens with one attached hydrogen (secondary N) is 1. The molecular weight excluding hydrogens is 206 g/mol. The molecule has 0 aliphatic heterocycles. The lowest BCUT2D eigenvalue weighted by Gasteiger charge is -2.02. The summed E-state index contributed by atoms with van der Waals surface area (Å²) in [7, 11) is 0. The summed E-state index contributed by atoms with van der Waals surface area (Å²) < 4.78 is 0. The zero-order valence-corrected chi connectivity index (χ0v) is 9.00. The first-order valence-electron chi connectivity index (χ1n) is 4.87. The Balaban J connectivity index is 3.22. The molecule has 0 amide bonds. The molecule has 2 aromatic rings. The van der Waals surface area contributed by atoms with Crippen molar-refractivity contribution in [3.8, 4) is 5.75 Å². The van der Waals surface area contributed by atoms with E-state index in [1.54, 1.807) is 0 Å². The van der Waals surface area contributed by atoms with Gasteiger partial charge in [-0.2, -0.15) is 0 Å². The molecule has 1 aromatic heterocycles. The van der Waals surface area contributed by atoms with Crippen molar-refractivity contribution in [2.75, 3.05) is 0 Å². The molecule has 2 rings (SSSR count). The second-order valence-electron chi connectivity index (χ2n) is 3.80. The number of fused-ring (bicyclic) bond motifs is 1. The van der Waals surface area contributed by atoms with Crippen LogP contribution in [0.4, 0.5) is 0 Å². The number of aromatic hydroxyl groups is 1. The van der Waals surface area contributed by atoms with Crippen LogP contribution in [0, 0.1) is 13.8 Å². The van der Waals surface area contributed by atoms with Gasteiger partial charge in [-0.25, -0.2) is 0 Å². The lowest BCUT2D eigenvalue weighted by Crippen LogP contribution is -2.22. The van der Waals surface area contributed by atoms with E-state index in [4.69, 9.17) is 0 Å². The van der Waals surface area contributed by atoms with Gasteiger partial charge in [0, 0.05) is 11.5 Å². The van der Waals surface area contributed by atoms with Crippen molar-refractivity contribution in [1.82, 2.24) is 4.98 Å². The van der Waals surface area contributed by atoms with E-state index < -0.39 is 11.0 Å². The number of H-pyrrole nitrogens is 1. The molecule has 0 bridgehead atoms. The van der Waals surface area contributed by atoms with Gasteiger partial charge in [0.1, 0.15) is 5.75 Å². The van der Waals surface area contributed by atoms with Crippen LogP contribution in [-0.4, -0.2) is 10.1 Å². The molecule has 0 saturated carbocycles. The highest BCUT2D eigenvalue weighted by Crippen LogP contribution is 2.25. The molecule has 1 aromatic carbocycles. The molecule has 82 valence electrons. The third kappa shape index (κ3) is 1.48. The van der Waals surface area contributed by atoms with E-state index in [0.29, 0.717) is 10.9 Å². The standard InChI is InChI=1S/C12H11NO3/c1-6-3-4-7(2)11-10(6)8(14)5-9(15)12(16)13-11/h3-5,14H,1-2H3,(H,13,15,16). The van der Waals surface area contributed by atoms with Gasteiger partial charge in [-0.1, -0.05) is 12.1 Å². The molecule has 4 heteroatoms. The molecular formula is C12H11NO3. The monoisotopic (exact) mass is 217 g/mol. The third-order valence-corrected chi connectivity index (χ3v) is 2.61. The van der Waals surface area contributed by atoms with Crippen LogP contribution in [-0.2, 0) is 0 Å². The molecule has 0 spiro atoms. The van der Waals surface area contributed by atoms with Crippen LogP contribution in [0.1, 0.15) is 11.1 Å². The molecule has 2 N–H and O–H groups in total. The van der Waals surface area contributed by atoms with Crippen LogP contribution >= 0.6 is 0 Å². The summed E-state index contributed by atoms with van der Waals surface area (Å²) in [5, 5.41) is 10.3. The third-order valence-electron chi connectivity index (χ3n) is 2.61. The Labute approximate surface area is 91.2 Å². The number of aromatic nitrogens is 1. The van der Waals surface area contributed by atoms with Crippen LogP contribution in [0.5, 0.6) is 5.75 Å². The summed E-state index contributed by atoms with van der Waals surface area (Å²) in [4.78, 5) is 25.1. The Morgan fingerprint density at radius 1 is 1.12 bits per heavy atom. The van der Waals surface area contributed by atoms with E-state index in [0.717, 1.165) is 17.2 Å². The maximum atomic E-state index is 11.4. The number of hydrogen-bond acceptors (Lipinski definition) is 3. The lowest BCUT2D eigenvalue weighted by molar-refractivity contribution is 0.481. The maximum absolute atomic E-state index is 11.4. The predicted molar refractivity (Wildman–Crippen MR) is 62.0 cm³/mol. The fraction of sp³-hybridized carbons (Fsp3) is 0.167. The lowest BCUT2D eigenvalue weighted by atomic mass is 10.1. The Kier molecular flexibility index (Phi) is 2.27. The highest BCUT2D eigenvalue weighted by Gasteiger charge is 2.07. The van der Waals surface area contributed by atoms with E-state index in [9.17, 15) is 14.7 Å². The van der Waals surface area contributed by atoms with Crippen LogP contribution in [0.3, 0.4) is 0 Å². The summed E-state index contributed by atoms with van der Waals surface area (Å²) >= 11 is 0. The van der Waals surface area contributed by atoms with Crippen molar-refractivity contribution < 1.29 is 5.11 Å².